The topological polar surface area (TPSA) is 91.8 Å². The summed E-state index contributed by atoms with van der Waals surface area (Å²) >= 11 is 11.1. The zero-order valence-electron chi connectivity index (χ0n) is 15.1. The summed E-state index contributed by atoms with van der Waals surface area (Å²) in [7, 11) is 0. The molecule has 0 bridgehead atoms. The molecule has 0 radical (unpaired) electrons. The van der Waals surface area contributed by atoms with E-state index in [4.69, 9.17) is 23.8 Å². The molecule has 29 heavy (non-hydrogen) atoms. The van der Waals surface area contributed by atoms with Gasteiger partial charge in [-0.1, -0.05) is 23.7 Å². The van der Waals surface area contributed by atoms with Crippen molar-refractivity contribution in [2.75, 3.05) is 13.1 Å². The molecule has 0 aliphatic carbocycles. The predicted molar refractivity (Wildman–Crippen MR) is 110 cm³/mol. The number of carbonyl (C=O) groups excluding carboxylic acids is 2. The normalized spacial score (nSPS) is 10.6. The first-order valence-electron chi connectivity index (χ1n) is 8.66. The Hall–Kier alpha value is -3.04. The third kappa shape index (κ3) is 5.27. The van der Waals surface area contributed by atoms with E-state index in [-0.39, 0.29) is 31.1 Å². The van der Waals surface area contributed by atoms with Gasteiger partial charge < -0.3 is 10.6 Å². The molecule has 0 fully saturated rings. The van der Waals surface area contributed by atoms with Gasteiger partial charge in [0.25, 0.3) is 5.91 Å². The molecule has 7 nitrogen and oxygen atoms in total. The van der Waals surface area contributed by atoms with Crippen LogP contribution in [0, 0.1) is 10.6 Å². The summed E-state index contributed by atoms with van der Waals surface area (Å²) in [6.45, 7) is 0.286. The highest BCUT2D eigenvalue weighted by molar-refractivity contribution is 7.71. The lowest BCUT2D eigenvalue weighted by molar-refractivity contribution is -0.121. The van der Waals surface area contributed by atoms with Crippen LogP contribution in [0.5, 0.6) is 0 Å². The number of carbonyl (C=O) groups is 2. The highest BCUT2D eigenvalue weighted by atomic mass is 35.5. The van der Waals surface area contributed by atoms with Crippen molar-refractivity contribution in [3.8, 4) is 11.4 Å². The molecule has 0 aliphatic heterocycles. The Morgan fingerprint density at radius 3 is 2.52 bits per heavy atom. The molecule has 0 saturated heterocycles. The SMILES string of the molecule is O=C(Cn1c(-c2ccc(Cl)cc2)n[nH]c1=S)NCCNC(=O)c1ccccc1F. The molecule has 0 atom stereocenters. The number of amides is 2. The molecular formula is C19H17ClFN5O2S. The van der Waals surface area contributed by atoms with Gasteiger partial charge >= 0.3 is 0 Å². The van der Waals surface area contributed by atoms with E-state index >= 15 is 0 Å². The minimum atomic E-state index is -0.599. The largest absolute Gasteiger partial charge is 0.353 e. The molecular weight excluding hydrogens is 417 g/mol. The Morgan fingerprint density at radius 2 is 1.79 bits per heavy atom. The van der Waals surface area contributed by atoms with E-state index in [9.17, 15) is 14.0 Å². The van der Waals surface area contributed by atoms with Crippen molar-refractivity contribution >= 4 is 35.6 Å². The zero-order valence-corrected chi connectivity index (χ0v) is 16.7. The highest BCUT2D eigenvalue weighted by Gasteiger charge is 2.13. The molecule has 3 N–H and O–H groups in total. The second-order valence-electron chi connectivity index (χ2n) is 6.03. The number of aromatic amines is 1. The number of hydrogen-bond acceptors (Lipinski definition) is 4. The molecule has 0 saturated carbocycles. The summed E-state index contributed by atoms with van der Waals surface area (Å²) < 4.78 is 15.4. The minimum Gasteiger partial charge on any atom is -0.353 e. The van der Waals surface area contributed by atoms with Gasteiger partial charge in [0.1, 0.15) is 12.4 Å². The maximum Gasteiger partial charge on any atom is 0.254 e. The summed E-state index contributed by atoms with van der Waals surface area (Å²) in [5, 5.41) is 12.7. The van der Waals surface area contributed by atoms with Gasteiger partial charge in [-0.25, -0.2) is 4.39 Å². The van der Waals surface area contributed by atoms with Crippen LogP contribution in [0.25, 0.3) is 11.4 Å². The molecule has 1 aromatic heterocycles. The van der Waals surface area contributed by atoms with Crippen molar-refractivity contribution in [1.29, 1.82) is 0 Å². The number of aromatic nitrogens is 3. The zero-order chi connectivity index (χ0) is 20.8. The number of halogens is 2. The summed E-state index contributed by atoms with van der Waals surface area (Å²) in [5.41, 5.74) is 0.711. The number of rotatable bonds is 7. The van der Waals surface area contributed by atoms with Gasteiger partial charge in [-0.2, -0.15) is 5.10 Å². The van der Waals surface area contributed by atoms with E-state index in [1.165, 1.54) is 18.2 Å². The van der Waals surface area contributed by atoms with Crippen molar-refractivity contribution < 1.29 is 14.0 Å². The van der Waals surface area contributed by atoms with Gasteiger partial charge in [0, 0.05) is 23.7 Å². The molecule has 0 aliphatic rings. The van der Waals surface area contributed by atoms with Crippen molar-refractivity contribution in [3.05, 3.63) is 69.7 Å². The summed E-state index contributed by atoms with van der Waals surface area (Å²) in [5.74, 6) is -0.940. The smallest absolute Gasteiger partial charge is 0.254 e. The van der Waals surface area contributed by atoms with Gasteiger partial charge in [0.15, 0.2) is 10.6 Å². The van der Waals surface area contributed by atoms with Crippen molar-refractivity contribution in [2.45, 2.75) is 6.54 Å². The minimum absolute atomic E-state index is 0.0452. The molecule has 3 aromatic rings. The Balaban J connectivity index is 1.53. The lowest BCUT2D eigenvalue weighted by Crippen LogP contribution is -2.36. The Labute approximate surface area is 175 Å². The molecule has 10 heteroatoms. The van der Waals surface area contributed by atoms with E-state index in [2.05, 4.69) is 20.8 Å². The maximum absolute atomic E-state index is 13.6. The molecule has 3 rings (SSSR count). The fourth-order valence-corrected chi connectivity index (χ4v) is 2.92. The first-order chi connectivity index (χ1) is 14.0. The average Bonchev–Trinajstić information content (AvgIpc) is 3.06. The fourth-order valence-electron chi connectivity index (χ4n) is 2.60. The van der Waals surface area contributed by atoms with Gasteiger partial charge in [-0.3, -0.25) is 19.3 Å². The van der Waals surface area contributed by atoms with Crippen LogP contribution in [0.15, 0.2) is 48.5 Å². The quantitative estimate of drug-likeness (QED) is 0.394. The van der Waals surface area contributed by atoms with Gasteiger partial charge in [-0.05, 0) is 48.6 Å². The van der Waals surface area contributed by atoms with Crippen LogP contribution >= 0.6 is 23.8 Å². The Morgan fingerprint density at radius 1 is 1.10 bits per heavy atom. The number of nitrogens with one attached hydrogen (secondary N) is 3. The van der Waals surface area contributed by atoms with Crippen LogP contribution in [0.1, 0.15) is 10.4 Å². The van der Waals surface area contributed by atoms with Gasteiger partial charge in [0.05, 0.1) is 5.56 Å². The van der Waals surface area contributed by atoms with Crippen LogP contribution in [0.4, 0.5) is 4.39 Å². The molecule has 1 heterocycles. The molecule has 0 spiro atoms. The number of nitrogens with zero attached hydrogens (tertiary/aromatic N) is 2. The number of hydrogen-bond donors (Lipinski definition) is 3. The standard InChI is InChI=1S/C19H17ClFN5O2S/c20-13-7-5-12(6-8-13)17-24-25-19(29)26(17)11-16(27)22-9-10-23-18(28)14-3-1-2-4-15(14)21/h1-8H,9-11H2,(H,22,27)(H,23,28)(H,25,29). The maximum atomic E-state index is 13.6. The van der Waals surface area contributed by atoms with E-state index < -0.39 is 11.7 Å². The van der Waals surface area contributed by atoms with E-state index in [0.717, 1.165) is 5.56 Å². The fraction of sp³-hybridized carbons (Fsp3) is 0.158. The summed E-state index contributed by atoms with van der Waals surface area (Å²) in [6.07, 6.45) is 0. The van der Waals surface area contributed by atoms with E-state index in [1.54, 1.807) is 34.9 Å². The lowest BCUT2D eigenvalue weighted by atomic mass is 10.2. The highest BCUT2D eigenvalue weighted by Crippen LogP contribution is 2.19. The second-order valence-corrected chi connectivity index (χ2v) is 6.85. The second kappa shape index (κ2) is 9.44. The van der Waals surface area contributed by atoms with Crippen LogP contribution < -0.4 is 10.6 Å². The van der Waals surface area contributed by atoms with Crippen LogP contribution in [-0.2, 0) is 11.3 Å². The molecule has 2 aromatic carbocycles. The molecule has 2 amide bonds. The first-order valence-corrected chi connectivity index (χ1v) is 9.45. The number of benzene rings is 2. The van der Waals surface area contributed by atoms with Gasteiger partial charge in [-0.15, -0.1) is 0 Å². The van der Waals surface area contributed by atoms with Crippen LogP contribution in [0.3, 0.4) is 0 Å². The van der Waals surface area contributed by atoms with Crippen molar-refractivity contribution in [2.24, 2.45) is 0 Å². The predicted octanol–water partition coefficient (Wildman–Crippen LogP) is 2.95. The summed E-state index contributed by atoms with van der Waals surface area (Å²) in [6, 6.07) is 12.7. The number of H-pyrrole nitrogens is 1. The average molecular weight is 434 g/mol. The van der Waals surface area contributed by atoms with Crippen LogP contribution in [0.2, 0.25) is 5.02 Å². The Bertz CT molecular complexity index is 1080. The monoisotopic (exact) mass is 433 g/mol. The van der Waals surface area contributed by atoms with Crippen LogP contribution in [-0.4, -0.2) is 39.7 Å². The molecule has 0 unspecified atom stereocenters. The van der Waals surface area contributed by atoms with Crippen molar-refractivity contribution in [3.63, 3.8) is 0 Å². The van der Waals surface area contributed by atoms with Crippen molar-refractivity contribution in [1.82, 2.24) is 25.4 Å². The first kappa shape index (κ1) is 20.7. The summed E-state index contributed by atoms with van der Waals surface area (Å²) in [4.78, 5) is 24.2. The lowest BCUT2D eigenvalue weighted by Gasteiger charge is -2.09. The van der Waals surface area contributed by atoms with Gasteiger partial charge in [0.2, 0.25) is 5.91 Å². The Kier molecular flexibility index (Phi) is 6.73. The van der Waals surface area contributed by atoms with E-state index in [1.807, 2.05) is 0 Å². The molecule has 150 valence electrons. The van der Waals surface area contributed by atoms with E-state index in [0.29, 0.717) is 15.6 Å². The third-order valence-corrected chi connectivity index (χ3v) is 4.58. The third-order valence-electron chi connectivity index (χ3n) is 4.01.